The number of amides is 1. The molecular weight excluding hydrogens is 444 g/mol. The fourth-order valence-electron chi connectivity index (χ4n) is 3.50. The van der Waals surface area contributed by atoms with Gasteiger partial charge >= 0.3 is 0 Å². The predicted octanol–water partition coefficient (Wildman–Crippen LogP) is 1.00. The van der Waals surface area contributed by atoms with Gasteiger partial charge in [-0.05, 0) is 23.8 Å². The van der Waals surface area contributed by atoms with Crippen LogP contribution in [0.25, 0.3) is 0 Å². The molecule has 3 rings (SSSR count). The maximum atomic E-state index is 13.6. The highest BCUT2D eigenvalue weighted by Crippen LogP contribution is 2.32. The van der Waals surface area contributed by atoms with Crippen molar-refractivity contribution in [3.8, 4) is 5.75 Å². The SMILES string of the molecule is COc1ccc(S(=O)(=O)N(Cc2ccccc2)[C@@H]2CS(=O)(=O)C[C@@H]2O)cc1NC(C)=O. The van der Waals surface area contributed by atoms with Crippen LogP contribution in [-0.4, -0.2) is 62.9 Å². The number of aliphatic hydroxyl groups excluding tert-OH is 1. The van der Waals surface area contributed by atoms with Crippen LogP contribution in [0.4, 0.5) is 5.69 Å². The molecule has 31 heavy (non-hydrogen) atoms. The Kier molecular flexibility index (Phi) is 6.70. The van der Waals surface area contributed by atoms with Crippen molar-refractivity contribution >= 4 is 31.5 Å². The van der Waals surface area contributed by atoms with Gasteiger partial charge in [0.1, 0.15) is 5.75 Å². The first kappa shape index (κ1) is 23.2. The van der Waals surface area contributed by atoms with Crippen LogP contribution in [0.5, 0.6) is 5.75 Å². The summed E-state index contributed by atoms with van der Waals surface area (Å²) in [6, 6.07) is 11.5. The predicted molar refractivity (Wildman–Crippen MR) is 115 cm³/mol. The van der Waals surface area contributed by atoms with Crippen LogP contribution in [0.2, 0.25) is 0 Å². The van der Waals surface area contributed by atoms with Crippen molar-refractivity contribution in [2.24, 2.45) is 0 Å². The Bertz CT molecular complexity index is 1170. The minimum Gasteiger partial charge on any atom is -0.495 e. The molecule has 168 valence electrons. The quantitative estimate of drug-likeness (QED) is 0.620. The molecule has 9 nitrogen and oxygen atoms in total. The highest BCUT2D eigenvalue weighted by Gasteiger charge is 2.44. The average molecular weight is 469 g/mol. The van der Waals surface area contributed by atoms with Crippen LogP contribution in [0.15, 0.2) is 53.4 Å². The normalized spacial score (nSPS) is 20.5. The Hall–Kier alpha value is -2.47. The first-order chi connectivity index (χ1) is 14.5. The number of nitrogens with zero attached hydrogens (tertiary/aromatic N) is 1. The van der Waals surface area contributed by atoms with Gasteiger partial charge in [-0.25, -0.2) is 16.8 Å². The second-order valence-corrected chi connectivity index (χ2v) is 11.3. The van der Waals surface area contributed by atoms with Crippen molar-refractivity contribution in [3.63, 3.8) is 0 Å². The molecule has 2 aromatic carbocycles. The number of hydrogen-bond acceptors (Lipinski definition) is 7. The van der Waals surface area contributed by atoms with Crippen LogP contribution >= 0.6 is 0 Å². The smallest absolute Gasteiger partial charge is 0.243 e. The number of sulfone groups is 1. The molecule has 1 amide bonds. The maximum absolute atomic E-state index is 13.6. The molecule has 0 aromatic heterocycles. The summed E-state index contributed by atoms with van der Waals surface area (Å²) in [7, 11) is -6.45. The van der Waals surface area contributed by atoms with Gasteiger partial charge in [0.25, 0.3) is 0 Å². The lowest BCUT2D eigenvalue weighted by Crippen LogP contribution is -2.46. The molecule has 0 aliphatic carbocycles. The lowest BCUT2D eigenvalue weighted by Gasteiger charge is -2.29. The largest absolute Gasteiger partial charge is 0.495 e. The Labute approximate surface area is 181 Å². The van der Waals surface area contributed by atoms with E-state index in [1.165, 1.54) is 32.2 Å². The Balaban J connectivity index is 2.08. The van der Waals surface area contributed by atoms with Gasteiger partial charge in [0.2, 0.25) is 15.9 Å². The van der Waals surface area contributed by atoms with Gasteiger partial charge in [-0.15, -0.1) is 0 Å². The van der Waals surface area contributed by atoms with Gasteiger partial charge in [-0.1, -0.05) is 30.3 Å². The van der Waals surface area contributed by atoms with Crippen LogP contribution in [0.3, 0.4) is 0 Å². The highest BCUT2D eigenvalue weighted by atomic mass is 32.2. The molecule has 1 aliphatic heterocycles. The lowest BCUT2D eigenvalue weighted by atomic mass is 10.2. The third kappa shape index (κ3) is 5.24. The fourth-order valence-corrected chi connectivity index (χ4v) is 7.06. The van der Waals surface area contributed by atoms with Crippen LogP contribution < -0.4 is 10.1 Å². The van der Waals surface area contributed by atoms with E-state index in [4.69, 9.17) is 4.74 Å². The topological polar surface area (TPSA) is 130 Å². The molecule has 1 aliphatic rings. The van der Waals surface area contributed by atoms with Crippen LogP contribution in [0, 0.1) is 0 Å². The number of carbonyl (C=O) groups excluding carboxylic acids is 1. The summed E-state index contributed by atoms with van der Waals surface area (Å²) >= 11 is 0. The van der Waals surface area contributed by atoms with E-state index in [0.29, 0.717) is 5.56 Å². The zero-order valence-electron chi connectivity index (χ0n) is 17.1. The third-order valence-electron chi connectivity index (χ3n) is 4.93. The second-order valence-electron chi connectivity index (χ2n) is 7.29. The molecule has 1 heterocycles. The van der Waals surface area contributed by atoms with Crippen LogP contribution in [0.1, 0.15) is 12.5 Å². The van der Waals surface area contributed by atoms with E-state index >= 15 is 0 Å². The van der Waals surface area contributed by atoms with Crippen molar-refractivity contribution in [3.05, 3.63) is 54.1 Å². The van der Waals surface area contributed by atoms with Crippen molar-refractivity contribution in [2.45, 2.75) is 30.5 Å². The van der Waals surface area contributed by atoms with E-state index in [0.717, 1.165) is 4.31 Å². The number of benzene rings is 2. The van der Waals surface area contributed by atoms with E-state index in [1.807, 2.05) is 0 Å². The molecule has 11 heteroatoms. The molecule has 0 unspecified atom stereocenters. The average Bonchev–Trinajstić information content (AvgIpc) is 2.98. The number of sulfonamides is 1. The molecule has 0 bridgehead atoms. The van der Waals surface area contributed by atoms with Gasteiger partial charge < -0.3 is 15.2 Å². The Morgan fingerprint density at radius 3 is 2.42 bits per heavy atom. The summed E-state index contributed by atoms with van der Waals surface area (Å²) in [6.45, 7) is 1.16. The highest BCUT2D eigenvalue weighted by molar-refractivity contribution is 7.92. The van der Waals surface area contributed by atoms with Gasteiger partial charge in [0, 0.05) is 13.5 Å². The first-order valence-corrected chi connectivity index (χ1v) is 12.7. The monoisotopic (exact) mass is 468 g/mol. The molecule has 0 radical (unpaired) electrons. The molecule has 1 fully saturated rings. The van der Waals surface area contributed by atoms with E-state index in [2.05, 4.69) is 5.32 Å². The zero-order chi connectivity index (χ0) is 22.8. The van der Waals surface area contributed by atoms with E-state index in [1.54, 1.807) is 30.3 Å². The Morgan fingerprint density at radius 2 is 1.87 bits per heavy atom. The molecule has 1 saturated heterocycles. The molecule has 0 saturated carbocycles. The second kappa shape index (κ2) is 8.95. The van der Waals surface area contributed by atoms with Crippen molar-refractivity contribution in [1.29, 1.82) is 0 Å². The van der Waals surface area contributed by atoms with Gasteiger partial charge in [-0.3, -0.25) is 4.79 Å². The third-order valence-corrected chi connectivity index (χ3v) is 8.50. The number of rotatable bonds is 7. The number of hydrogen-bond donors (Lipinski definition) is 2. The van der Waals surface area contributed by atoms with E-state index in [9.17, 15) is 26.7 Å². The summed E-state index contributed by atoms with van der Waals surface area (Å²) in [5.74, 6) is -1.12. The van der Waals surface area contributed by atoms with Crippen molar-refractivity contribution in [1.82, 2.24) is 4.31 Å². The van der Waals surface area contributed by atoms with Gasteiger partial charge in [0.05, 0.1) is 41.3 Å². The standard InChI is InChI=1S/C20H24N2O7S2/c1-14(23)21-17-10-16(8-9-20(17)29-2)31(27,28)22(11-15-6-4-3-5-7-15)18-12-30(25,26)13-19(18)24/h3-10,18-19,24H,11-13H2,1-2H3,(H,21,23)/t18-,19+/m1/s1. The molecule has 2 atom stereocenters. The summed E-state index contributed by atoms with van der Waals surface area (Å²) in [4.78, 5) is 11.4. The molecule has 2 aromatic rings. The summed E-state index contributed by atoms with van der Waals surface area (Å²) < 4.78 is 57.5. The number of carbonyl (C=O) groups is 1. The Morgan fingerprint density at radius 1 is 1.19 bits per heavy atom. The minimum atomic E-state index is -4.25. The van der Waals surface area contributed by atoms with Crippen LogP contribution in [-0.2, 0) is 31.2 Å². The first-order valence-electron chi connectivity index (χ1n) is 9.43. The number of aliphatic hydroxyl groups is 1. The van der Waals surface area contributed by atoms with Gasteiger partial charge in [0.15, 0.2) is 9.84 Å². The maximum Gasteiger partial charge on any atom is 0.243 e. The molecular formula is C20H24N2O7S2. The van der Waals surface area contributed by atoms with Crippen molar-refractivity contribution < 1.29 is 31.5 Å². The molecule has 2 N–H and O–H groups in total. The summed E-state index contributed by atoms with van der Waals surface area (Å²) in [5.41, 5.74) is 0.800. The van der Waals surface area contributed by atoms with Crippen molar-refractivity contribution in [2.75, 3.05) is 23.9 Å². The van der Waals surface area contributed by atoms with E-state index in [-0.39, 0.29) is 22.9 Å². The summed E-state index contributed by atoms with van der Waals surface area (Å²) in [6.07, 6.45) is -1.35. The number of methoxy groups -OCH3 is 1. The number of nitrogens with one attached hydrogen (secondary N) is 1. The zero-order valence-corrected chi connectivity index (χ0v) is 18.7. The van der Waals surface area contributed by atoms with E-state index < -0.39 is 49.4 Å². The minimum absolute atomic E-state index is 0.123. The number of ether oxygens (including phenoxy) is 1. The summed E-state index contributed by atoms with van der Waals surface area (Å²) in [5, 5.41) is 12.9. The molecule has 0 spiro atoms. The number of anilines is 1. The van der Waals surface area contributed by atoms with Gasteiger partial charge in [-0.2, -0.15) is 4.31 Å². The lowest BCUT2D eigenvalue weighted by molar-refractivity contribution is -0.114. The fraction of sp³-hybridized carbons (Fsp3) is 0.350.